The van der Waals surface area contributed by atoms with E-state index in [2.05, 4.69) is 9.71 Å². The van der Waals surface area contributed by atoms with E-state index in [4.69, 9.17) is 5.73 Å². The normalized spacial score (nSPS) is 13.3. The molecule has 0 spiro atoms. The Morgan fingerprint density at radius 2 is 2.25 bits per heavy atom. The number of hydrogen-bond donors (Lipinski definition) is 2. The van der Waals surface area contributed by atoms with Crippen molar-refractivity contribution in [1.29, 1.82) is 0 Å². The molecular formula is C12H14FN3O2S2. The zero-order valence-electron chi connectivity index (χ0n) is 10.7. The monoisotopic (exact) mass is 315 g/mol. The lowest BCUT2D eigenvalue weighted by atomic mass is 10.2. The number of hydrogen-bond acceptors (Lipinski definition) is 5. The van der Waals surface area contributed by atoms with Crippen LogP contribution in [0.3, 0.4) is 0 Å². The van der Waals surface area contributed by atoms with Crippen LogP contribution < -0.4 is 10.5 Å². The third-order valence-corrected chi connectivity index (χ3v) is 5.16. The number of nitrogens with one attached hydrogen (secondary N) is 1. The van der Waals surface area contributed by atoms with Crippen LogP contribution in [0.25, 0.3) is 0 Å². The van der Waals surface area contributed by atoms with Gasteiger partial charge in [0.05, 0.1) is 15.6 Å². The minimum absolute atomic E-state index is 0.0524. The van der Waals surface area contributed by atoms with E-state index in [1.54, 1.807) is 6.20 Å². The molecule has 0 saturated carbocycles. The standard InChI is InChI=1S/C12H14FN3O2S2/c1-8(12-15-4-5-19-12)7-16-20(17,18)9-2-3-11(14)10(13)6-9/h2-6,8,16H,7,14H2,1H3. The molecule has 20 heavy (non-hydrogen) atoms. The number of anilines is 1. The summed E-state index contributed by atoms with van der Waals surface area (Å²) >= 11 is 1.46. The number of nitrogens with zero attached hydrogens (tertiary/aromatic N) is 1. The van der Waals surface area contributed by atoms with Gasteiger partial charge in [-0.25, -0.2) is 22.5 Å². The van der Waals surface area contributed by atoms with Gasteiger partial charge in [-0.3, -0.25) is 0 Å². The van der Waals surface area contributed by atoms with E-state index in [0.29, 0.717) is 0 Å². The predicted molar refractivity (Wildman–Crippen MR) is 76.5 cm³/mol. The Labute approximate surface area is 120 Å². The maximum absolute atomic E-state index is 13.3. The van der Waals surface area contributed by atoms with Gasteiger partial charge in [-0.15, -0.1) is 11.3 Å². The van der Waals surface area contributed by atoms with E-state index in [-0.39, 0.29) is 23.0 Å². The highest BCUT2D eigenvalue weighted by molar-refractivity contribution is 7.89. The number of nitrogens with two attached hydrogens (primary N) is 1. The van der Waals surface area contributed by atoms with E-state index in [1.807, 2.05) is 12.3 Å². The van der Waals surface area contributed by atoms with Gasteiger partial charge in [0.25, 0.3) is 0 Å². The van der Waals surface area contributed by atoms with Gasteiger partial charge in [-0.2, -0.15) is 0 Å². The van der Waals surface area contributed by atoms with Crippen molar-refractivity contribution in [3.63, 3.8) is 0 Å². The summed E-state index contributed by atoms with van der Waals surface area (Å²) in [7, 11) is -3.75. The highest BCUT2D eigenvalue weighted by Crippen LogP contribution is 2.19. The summed E-state index contributed by atoms with van der Waals surface area (Å²) in [4.78, 5) is 3.98. The molecule has 2 aromatic rings. The van der Waals surface area contributed by atoms with Crippen LogP contribution in [0.4, 0.5) is 10.1 Å². The number of thiazole rings is 1. The quantitative estimate of drug-likeness (QED) is 0.826. The summed E-state index contributed by atoms with van der Waals surface area (Å²) < 4.78 is 39.8. The molecule has 0 saturated heterocycles. The Morgan fingerprint density at radius 1 is 1.50 bits per heavy atom. The molecule has 1 heterocycles. The number of benzene rings is 1. The second kappa shape index (κ2) is 5.86. The van der Waals surface area contributed by atoms with Crippen molar-refractivity contribution in [3.8, 4) is 0 Å². The molecule has 0 aliphatic rings. The summed E-state index contributed by atoms with van der Waals surface area (Å²) in [5.74, 6) is -0.802. The van der Waals surface area contributed by atoms with E-state index < -0.39 is 15.8 Å². The van der Waals surface area contributed by atoms with Gasteiger partial charge in [0.2, 0.25) is 10.0 Å². The largest absolute Gasteiger partial charge is 0.396 e. The van der Waals surface area contributed by atoms with Crippen molar-refractivity contribution in [2.75, 3.05) is 12.3 Å². The molecule has 1 aromatic heterocycles. The van der Waals surface area contributed by atoms with Gasteiger partial charge in [-0.05, 0) is 18.2 Å². The molecule has 0 aliphatic heterocycles. The summed E-state index contributed by atoms with van der Waals surface area (Å²) in [6, 6.07) is 3.41. The molecule has 1 aromatic carbocycles. The number of aromatic nitrogens is 1. The highest BCUT2D eigenvalue weighted by atomic mass is 32.2. The van der Waals surface area contributed by atoms with Crippen molar-refractivity contribution in [2.45, 2.75) is 17.7 Å². The van der Waals surface area contributed by atoms with E-state index >= 15 is 0 Å². The second-order valence-corrected chi connectivity index (χ2v) is 7.00. The first kappa shape index (κ1) is 14.9. The maximum atomic E-state index is 13.3. The SMILES string of the molecule is CC(CNS(=O)(=O)c1ccc(N)c(F)c1)c1nccs1. The minimum atomic E-state index is -3.75. The average molecular weight is 315 g/mol. The van der Waals surface area contributed by atoms with Gasteiger partial charge < -0.3 is 5.73 Å². The lowest BCUT2D eigenvalue weighted by molar-refractivity contribution is 0.571. The summed E-state index contributed by atoms with van der Waals surface area (Å²) in [6.45, 7) is 2.06. The molecule has 0 aliphatic carbocycles. The molecule has 0 bridgehead atoms. The van der Waals surface area contributed by atoms with Crippen molar-refractivity contribution in [2.24, 2.45) is 0 Å². The molecule has 108 valence electrons. The first-order valence-corrected chi connectivity index (χ1v) is 8.20. The second-order valence-electron chi connectivity index (χ2n) is 4.31. The Kier molecular flexibility index (Phi) is 4.36. The molecule has 8 heteroatoms. The molecule has 0 radical (unpaired) electrons. The van der Waals surface area contributed by atoms with E-state index in [9.17, 15) is 12.8 Å². The smallest absolute Gasteiger partial charge is 0.240 e. The fourth-order valence-corrected chi connectivity index (χ4v) is 3.40. The van der Waals surface area contributed by atoms with Gasteiger partial charge in [-0.1, -0.05) is 6.92 Å². The average Bonchev–Trinajstić information content (AvgIpc) is 2.93. The molecule has 0 amide bonds. The van der Waals surface area contributed by atoms with Crippen LogP contribution in [0.15, 0.2) is 34.7 Å². The fraction of sp³-hybridized carbons (Fsp3) is 0.250. The number of rotatable bonds is 5. The van der Waals surface area contributed by atoms with Crippen LogP contribution in [0.2, 0.25) is 0 Å². The van der Waals surface area contributed by atoms with Gasteiger partial charge >= 0.3 is 0 Å². The van der Waals surface area contributed by atoms with Crippen LogP contribution in [0.1, 0.15) is 17.8 Å². The van der Waals surface area contributed by atoms with Crippen LogP contribution in [-0.4, -0.2) is 19.9 Å². The maximum Gasteiger partial charge on any atom is 0.240 e. The van der Waals surface area contributed by atoms with E-state index in [0.717, 1.165) is 11.1 Å². The zero-order chi connectivity index (χ0) is 14.8. The third-order valence-electron chi connectivity index (χ3n) is 2.73. The molecule has 3 N–H and O–H groups in total. The number of sulfonamides is 1. The highest BCUT2D eigenvalue weighted by Gasteiger charge is 2.18. The lowest BCUT2D eigenvalue weighted by Crippen LogP contribution is -2.27. The lowest BCUT2D eigenvalue weighted by Gasteiger charge is -2.11. The van der Waals surface area contributed by atoms with Gasteiger partial charge in [0.1, 0.15) is 5.82 Å². The topological polar surface area (TPSA) is 85.1 Å². The van der Waals surface area contributed by atoms with Gasteiger partial charge in [0.15, 0.2) is 0 Å². The van der Waals surface area contributed by atoms with Crippen LogP contribution in [0, 0.1) is 5.82 Å². The van der Waals surface area contributed by atoms with Crippen LogP contribution >= 0.6 is 11.3 Å². The molecular weight excluding hydrogens is 301 g/mol. The van der Waals surface area contributed by atoms with Crippen molar-refractivity contribution in [3.05, 3.63) is 40.6 Å². The Morgan fingerprint density at radius 3 is 2.85 bits per heavy atom. The summed E-state index contributed by atoms with van der Waals surface area (Å²) in [6.07, 6.45) is 1.67. The Bertz CT molecular complexity index is 687. The zero-order valence-corrected chi connectivity index (χ0v) is 12.3. The number of halogens is 1. The molecule has 1 unspecified atom stereocenters. The van der Waals surface area contributed by atoms with Crippen LogP contribution in [-0.2, 0) is 10.0 Å². The fourth-order valence-electron chi connectivity index (χ4n) is 1.56. The number of nitrogen functional groups attached to an aromatic ring is 1. The van der Waals surface area contributed by atoms with Crippen molar-refractivity contribution >= 4 is 27.0 Å². The third kappa shape index (κ3) is 3.33. The summed E-state index contributed by atoms with van der Waals surface area (Å²) in [5.41, 5.74) is 5.24. The Balaban J connectivity index is 2.09. The van der Waals surface area contributed by atoms with E-state index in [1.165, 1.54) is 23.5 Å². The van der Waals surface area contributed by atoms with Crippen LogP contribution in [0.5, 0.6) is 0 Å². The summed E-state index contributed by atoms with van der Waals surface area (Å²) in [5, 5.41) is 2.67. The van der Waals surface area contributed by atoms with Gasteiger partial charge in [0, 0.05) is 24.0 Å². The predicted octanol–water partition coefficient (Wildman–Crippen LogP) is 1.95. The first-order chi connectivity index (χ1) is 9.40. The Hall–Kier alpha value is -1.51. The minimum Gasteiger partial charge on any atom is -0.396 e. The molecule has 5 nitrogen and oxygen atoms in total. The molecule has 2 rings (SSSR count). The van der Waals surface area contributed by atoms with Crippen molar-refractivity contribution in [1.82, 2.24) is 9.71 Å². The molecule has 1 atom stereocenters. The first-order valence-electron chi connectivity index (χ1n) is 5.84. The van der Waals surface area contributed by atoms with Crippen molar-refractivity contribution < 1.29 is 12.8 Å². The molecule has 0 fully saturated rings.